The zero-order chi connectivity index (χ0) is 12.6. The summed E-state index contributed by atoms with van der Waals surface area (Å²) in [5, 5.41) is 8.67. The predicted octanol–water partition coefficient (Wildman–Crippen LogP) is 2.51. The number of halogens is 2. The molecule has 0 unspecified atom stereocenters. The second-order valence-electron chi connectivity index (χ2n) is 4.42. The van der Waals surface area contributed by atoms with E-state index in [-0.39, 0.29) is 11.3 Å². The summed E-state index contributed by atoms with van der Waals surface area (Å²) in [6.07, 6.45) is 2.17. The number of anilines is 1. The van der Waals surface area contributed by atoms with Gasteiger partial charge in [-0.3, -0.25) is 0 Å². The molecule has 0 atom stereocenters. The van der Waals surface area contributed by atoms with Gasteiger partial charge in [0.1, 0.15) is 17.3 Å². The minimum atomic E-state index is -1.33. The van der Waals surface area contributed by atoms with Crippen LogP contribution in [-0.2, 0) is 0 Å². The van der Waals surface area contributed by atoms with Crippen LogP contribution in [0.3, 0.4) is 0 Å². The SMILES string of the molecule is CN(CC1CC1)c1c(F)cc(C(=O)O)cc1F. The highest BCUT2D eigenvalue weighted by atomic mass is 19.1. The van der Waals surface area contributed by atoms with Crippen molar-refractivity contribution in [1.29, 1.82) is 0 Å². The van der Waals surface area contributed by atoms with E-state index in [0.717, 1.165) is 25.0 Å². The lowest BCUT2D eigenvalue weighted by molar-refractivity contribution is 0.0696. The summed E-state index contributed by atoms with van der Waals surface area (Å²) in [6.45, 7) is 0.597. The zero-order valence-electron chi connectivity index (χ0n) is 9.41. The van der Waals surface area contributed by atoms with Crippen LogP contribution in [0.5, 0.6) is 0 Å². The largest absolute Gasteiger partial charge is 0.478 e. The standard InChI is InChI=1S/C12H13F2NO2/c1-15(6-7-2-3-7)11-9(13)4-8(12(16)17)5-10(11)14/h4-5,7H,2-3,6H2,1H3,(H,16,17). The summed E-state index contributed by atoms with van der Waals surface area (Å²) < 4.78 is 27.3. The van der Waals surface area contributed by atoms with Crippen LogP contribution in [0.4, 0.5) is 14.5 Å². The topological polar surface area (TPSA) is 40.5 Å². The monoisotopic (exact) mass is 241 g/mol. The number of carboxylic acid groups (broad SMARTS) is 1. The van der Waals surface area contributed by atoms with Crippen LogP contribution in [0.15, 0.2) is 12.1 Å². The lowest BCUT2D eigenvalue weighted by atomic mass is 10.1. The van der Waals surface area contributed by atoms with Crippen molar-refractivity contribution in [1.82, 2.24) is 0 Å². The molecule has 1 aliphatic rings. The van der Waals surface area contributed by atoms with Crippen molar-refractivity contribution < 1.29 is 18.7 Å². The summed E-state index contributed by atoms with van der Waals surface area (Å²) in [5.74, 6) is -2.49. The van der Waals surface area contributed by atoms with Gasteiger partial charge in [0.2, 0.25) is 0 Å². The van der Waals surface area contributed by atoms with Gasteiger partial charge in [0, 0.05) is 13.6 Å². The number of carbonyl (C=O) groups is 1. The summed E-state index contributed by atoms with van der Waals surface area (Å²) >= 11 is 0. The molecular weight excluding hydrogens is 228 g/mol. The molecule has 5 heteroatoms. The molecule has 3 nitrogen and oxygen atoms in total. The highest BCUT2D eigenvalue weighted by Gasteiger charge is 2.25. The first-order valence-corrected chi connectivity index (χ1v) is 5.42. The van der Waals surface area contributed by atoms with Gasteiger partial charge in [0.05, 0.1) is 5.56 Å². The number of aromatic carboxylic acids is 1. The number of rotatable bonds is 4. The van der Waals surface area contributed by atoms with Crippen molar-refractivity contribution >= 4 is 11.7 Å². The van der Waals surface area contributed by atoms with Gasteiger partial charge >= 0.3 is 5.97 Å². The van der Waals surface area contributed by atoms with Gasteiger partial charge in [0.25, 0.3) is 0 Å². The molecule has 0 aromatic heterocycles. The number of hydrogen-bond acceptors (Lipinski definition) is 2. The van der Waals surface area contributed by atoms with E-state index in [1.807, 2.05) is 0 Å². The molecule has 0 bridgehead atoms. The average molecular weight is 241 g/mol. The van der Waals surface area contributed by atoms with Gasteiger partial charge in [-0.25, -0.2) is 13.6 Å². The van der Waals surface area contributed by atoms with E-state index in [9.17, 15) is 13.6 Å². The molecule has 0 amide bonds. The molecule has 2 rings (SSSR count). The maximum absolute atomic E-state index is 13.6. The van der Waals surface area contributed by atoms with Gasteiger partial charge in [-0.2, -0.15) is 0 Å². The highest BCUT2D eigenvalue weighted by Crippen LogP contribution is 2.32. The van der Waals surface area contributed by atoms with Crippen LogP contribution in [0.25, 0.3) is 0 Å². The molecule has 92 valence electrons. The van der Waals surface area contributed by atoms with Crippen molar-refractivity contribution in [3.8, 4) is 0 Å². The Labute approximate surface area is 97.7 Å². The molecule has 1 fully saturated rings. The fraction of sp³-hybridized carbons (Fsp3) is 0.417. The molecule has 1 aromatic carbocycles. The van der Waals surface area contributed by atoms with Crippen LogP contribution >= 0.6 is 0 Å². The molecule has 0 heterocycles. The lowest BCUT2D eigenvalue weighted by Gasteiger charge is -2.20. The third-order valence-corrected chi connectivity index (χ3v) is 2.87. The third kappa shape index (κ3) is 2.54. The molecular formula is C12H13F2NO2. The minimum absolute atomic E-state index is 0.151. The average Bonchev–Trinajstić information content (AvgIpc) is 3.00. The predicted molar refractivity (Wildman–Crippen MR) is 59.3 cm³/mol. The lowest BCUT2D eigenvalue weighted by Crippen LogP contribution is -2.22. The summed E-state index contributed by atoms with van der Waals surface area (Å²) in [6, 6.07) is 1.70. The Balaban J connectivity index is 2.29. The second-order valence-corrected chi connectivity index (χ2v) is 4.42. The second kappa shape index (κ2) is 4.31. The number of nitrogens with zero attached hydrogens (tertiary/aromatic N) is 1. The van der Waals surface area contributed by atoms with Gasteiger partial charge in [-0.15, -0.1) is 0 Å². The molecule has 1 aliphatic carbocycles. The normalized spacial score (nSPS) is 14.8. The quantitative estimate of drug-likeness (QED) is 0.880. The van der Waals surface area contributed by atoms with Crippen LogP contribution in [-0.4, -0.2) is 24.7 Å². The van der Waals surface area contributed by atoms with E-state index >= 15 is 0 Å². The van der Waals surface area contributed by atoms with E-state index in [1.54, 1.807) is 7.05 Å². The van der Waals surface area contributed by atoms with E-state index in [0.29, 0.717) is 12.5 Å². The summed E-state index contributed by atoms with van der Waals surface area (Å²) in [5.41, 5.74) is -0.523. The molecule has 1 aromatic rings. The summed E-state index contributed by atoms with van der Waals surface area (Å²) in [4.78, 5) is 12.1. The van der Waals surface area contributed by atoms with Crippen molar-refractivity contribution in [3.05, 3.63) is 29.3 Å². The maximum Gasteiger partial charge on any atom is 0.335 e. The number of carboxylic acids is 1. The first-order valence-electron chi connectivity index (χ1n) is 5.42. The minimum Gasteiger partial charge on any atom is -0.478 e. The fourth-order valence-electron chi connectivity index (χ4n) is 1.83. The van der Waals surface area contributed by atoms with Crippen molar-refractivity contribution in [3.63, 3.8) is 0 Å². The number of benzene rings is 1. The Morgan fingerprint density at radius 3 is 2.35 bits per heavy atom. The Kier molecular flexibility index (Phi) is 3.00. The summed E-state index contributed by atoms with van der Waals surface area (Å²) in [7, 11) is 1.61. The Bertz CT molecular complexity index is 435. The van der Waals surface area contributed by atoms with Gasteiger partial charge < -0.3 is 10.0 Å². The Morgan fingerprint density at radius 1 is 1.41 bits per heavy atom. The fourth-order valence-corrected chi connectivity index (χ4v) is 1.83. The first-order chi connectivity index (χ1) is 7.99. The molecule has 1 N–H and O–H groups in total. The van der Waals surface area contributed by atoms with E-state index in [1.165, 1.54) is 4.90 Å². The molecule has 1 saturated carbocycles. The van der Waals surface area contributed by atoms with Crippen LogP contribution in [0.2, 0.25) is 0 Å². The number of hydrogen-bond donors (Lipinski definition) is 1. The van der Waals surface area contributed by atoms with Crippen molar-refractivity contribution in [2.24, 2.45) is 5.92 Å². The van der Waals surface area contributed by atoms with Crippen molar-refractivity contribution in [2.45, 2.75) is 12.8 Å². The molecule has 17 heavy (non-hydrogen) atoms. The third-order valence-electron chi connectivity index (χ3n) is 2.87. The molecule has 0 spiro atoms. The molecule has 0 saturated heterocycles. The van der Waals surface area contributed by atoms with Crippen LogP contribution < -0.4 is 4.90 Å². The smallest absolute Gasteiger partial charge is 0.335 e. The van der Waals surface area contributed by atoms with Crippen LogP contribution in [0.1, 0.15) is 23.2 Å². The van der Waals surface area contributed by atoms with E-state index in [2.05, 4.69) is 0 Å². The Hall–Kier alpha value is -1.65. The molecule has 0 aliphatic heterocycles. The van der Waals surface area contributed by atoms with E-state index < -0.39 is 17.6 Å². The van der Waals surface area contributed by atoms with Gasteiger partial charge in [0.15, 0.2) is 0 Å². The van der Waals surface area contributed by atoms with E-state index in [4.69, 9.17) is 5.11 Å². The Morgan fingerprint density at radius 2 is 1.94 bits per heavy atom. The highest BCUT2D eigenvalue weighted by molar-refractivity contribution is 5.88. The van der Waals surface area contributed by atoms with Crippen molar-refractivity contribution in [2.75, 3.05) is 18.5 Å². The zero-order valence-corrected chi connectivity index (χ0v) is 9.41. The first kappa shape index (κ1) is 11.8. The van der Waals surface area contributed by atoms with Gasteiger partial charge in [-0.05, 0) is 30.9 Å². The van der Waals surface area contributed by atoms with Gasteiger partial charge in [-0.1, -0.05) is 0 Å². The maximum atomic E-state index is 13.6. The molecule has 0 radical (unpaired) electrons. The van der Waals surface area contributed by atoms with Crippen LogP contribution in [0, 0.1) is 17.6 Å².